The van der Waals surface area contributed by atoms with E-state index in [4.69, 9.17) is 28.7 Å². The van der Waals surface area contributed by atoms with Crippen molar-refractivity contribution in [3.05, 3.63) is 83.9 Å². The summed E-state index contributed by atoms with van der Waals surface area (Å²) in [6, 6.07) is -3.30. The largest absolute Gasteiger partial charge is 0.508 e. The summed E-state index contributed by atoms with van der Waals surface area (Å²) in [7, 11) is 0. The monoisotopic (exact) mass is 1530 g/mol. The highest BCUT2D eigenvalue weighted by Crippen LogP contribution is 2.21. The first-order valence-corrected chi connectivity index (χ1v) is 35.5. The lowest BCUT2D eigenvalue weighted by Crippen LogP contribution is -2.61. The van der Waals surface area contributed by atoms with Gasteiger partial charge in [-0.2, -0.15) is 0 Å². The van der Waals surface area contributed by atoms with Gasteiger partial charge in [0.15, 0.2) is 5.96 Å². The number of phenols is 1. The molecule has 26 N–H and O–H groups in total. The molecular weight excluding hydrogens is 1430 g/mol. The van der Waals surface area contributed by atoms with Gasteiger partial charge in [0.1, 0.15) is 78.3 Å². The molecule has 0 aliphatic carbocycles. The average molecular weight is 1530 g/mol. The predicted molar refractivity (Wildman–Crippen MR) is 389 cm³/mol. The number of rotatable bonds is 47. The maximum absolute atomic E-state index is 14.5. The summed E-state index contributed by atoms with van der Waals surface area (Å²) < 4.78 is 0. The minimum absolute atomic E-state index is 0.000107. The van der Waals surface area contributed by atoms with Gasteiger partial charge in [-0.05, 0) is 100 Å². The van der Waals surface area contributed by atoms with Crippen LogP contribution < -0.4 is 92.5 Å². The van der Waals surface area contributed by atoms with E-state index in [1.54, 1.807) is 44.2 Å². The van der Waals surface area contributed by atoms with Crippen LogP contribution in [0.1, 0.15) is 122 Å². The number of carboxylic acid groups (broad SMARTS) is 1. The number of aliphatic hydroxyl groups is 1. The second kappa shape index (κ2) is 45.6. The molecule has 0 saturated carbocycles. The van der Waals surface area contributed by atoms with Crippen LogP contribution in [0, 0.1) is 5.92 Å². The van der Waals surface area contributed by atoms with Crippen LogP contribution in [-0.2, 0) is 96.0 Å². The predicted octanol–water partition coefficient (Wildman–Crippen LogP) is -6.91. The number of aromatic hydroxyl groups is 1. The lowest BCUT2D eigenvalue weighted by molar-refractivity contribution is -0.141. The molecular formula is C69H103N21O19. The number of nitrogens with zero attached hydrogens (tertiary/aromatic N) is 3. The topological polar surface area (TPSA) is 653 Å². The van der Waals surface area contributed by atoms with Crippen molar-refractivity contribution in [1.29, 1.82) is 0 Å². The van der Waals surface area contributed by atoms with E-state index >= 15 is 0 Å². The van der Waals surface area contributed by atoms with Gasteiger partial charge in [-0.25, -0.2) is 4.98 Å². The number of carbonyl (C=O) groups is 16. The number of carboxylic acids is 1. The Morgan fingerprint density at radius 1 is 0.587 bits per heavy atom. The van der Waals surface area contributed by atoms with Gasteiger partial charge in [-0.1, -0.05) is 63.2 Å². The van der Waals surface area contributed by atoms with Crippen molar-refractivity contribution in [2.24, 2.45) is 39.6 Å². The number of aliphatic carboxylic acids is 1. The van der Waals surface area contributed by atoms with Gasteiger partial charge in [-0.15, -0.1) is 0 Å². The summed E-state index contributed by atoms with van der Waals surface area (Å²) in [6.07, 6.45) is 1.45. The lowest BCUT2D eigenvalue weighted by atomic mass is 9.99. The second-order valence-electron chi connectivity index (χ2n) is 26.3. The number of amides is 15. The first-order valence-electron chi connectivity index (χ1n) is 35.5. The number of guanidine groups is 1. The number of H-pyrrole nitrogens is 1. The van der Waals surface area contributed by atoms with Crippen molar-refractivity contribution in [2.45, 2.75) is 197 Å². The van der Waals surface area contributed by atoms with E-state index in [9.17, 15) is 92.0 Å². The molecule has 15 amide bonds. The van der Waals surface area contributed by atoms with Crippen LogP contribution in [0.25, 0.3) is 0 Å². The molecule has 0 spiro atoms. The van der Waals surface area contributed by atoms with Crippen molar-refractivity contribution in [3.63, 3.8) is 0 Å². The first-order chi connectivity index (χ1) is 51.6. The SMILES string of the molecule is CCC(NC(=O)[C@H](CO)NC(=O)CNC(=O)[C@H](Cc1cnc[nH]1)NC(=O)[C@H](CCCN=C(N)N)NC(=O)[C@H](C)NC(=O)[C@H](CCCCN)NC(=O)[C@H](CCC(=O)O)NC(C)=O)C(=O)N[C@@H](CC(N)=O)C(=O)N[C@@H](Cc1ccc(O)cc1)C(=O)N[C@H](C(=O)N[C@@H](Cc1ccccc1)C(=O)N1CCC[C@H]1C(N)=O)C(C)C. The zero-order valence-corrected chi connectivity index (χ0v) is 61.4. The molecule has 0 radical (unpaired) electrons. The molecule has 0 bridgehead atoms. The van der Waals surface area contributed by atoms with Crippen molar-refractivity contribution in [3.8, 4) is 5.75 Å². The molecule has 2 heterocycles. The number of hydrogen-bond donors (Lipinski definition) is 21. The van der Waals surface area contributed by atoms with E-state index < -0.39 is 199 Å². The maximum atomic E-state index is 14.5. The molecule has 12 atom stereocenters. The molecule has 1 fully saturated rings. The van der Waals surface area contributed by atoms with E-state index in [1.165, 1.54) is 55.5 Å². The fourth-order valence-corrected chi connectivity index (χ4v) is 11.4. The number of aromatic amines is 1. The highest BCUT2D eigenvalue weighted by atomic mass is 16.4. The Morgan fingerprint density at radius 3 is 1.69 bits per heavy atom. The van der Waals surface area contributed by atoms with Crippen molar-refractivity contribution in [1.82, 2.24) is 78.7 Å². The van der Waals surface area contributed by atoms with E-state index in [1.807, 2.05) is 0 Å². The number of imidazole rings is 1. The molecule has 1 aromatic heterocycles. The zero-order valence-electron chi connectivity index (χ0n) is 61.4. The molecule has 3 aromatic rings. The van der Waals surface area contributed by atoms with Crippen LogP contribution in [0.3, 0.4) is 0 Å². The molecule has 40 heteroatoms. The lowest BCUT2D eigenvalue weighted by Gasteiger charge is -2.31. The van der Waals surface area contributed by atoms with Gasteiger partial charge in [0.25, 0.3) is 0 Å². The molecule has 4 rings (SSSR count). The van der Waals surface area contributed by atoms with Gasteiger partial charge in [-0.3, -0.25) is 81.7 Å². The number of nitrogens with one attached hydrogen (secondary N) is 13. The minimum Gasteiger partial charge on any atom is -0.508 e. The summed E-state index contributed by atoms with van der Waals surface area (Å²) >= 11 is 0. The number of phenolic OH excluding ortho intramolecular Hbond substituents is 1. The Balaban J connectivity index is 1.48. The van der Waals surface area contributed by atoms with Crippen LogP contribution in [0.2, 0.25) is 0 Å². The summed E-state index contributed by atoms with van der Waals surface area (Å²) in [6.45, 7) is 5.39. The van der Waals surface area contributed by atoms with Crippen molar-refractivity contribution >= 4 is 101 Å². The number of nitrogens with two attached hydrogens (primary N) is 5. The summed E-state index contributed by atoms with van der Waals surface area (Å²) in [5.74, 6) is -16.4. The smallest absolute Gasteiger partial charge is 0.303 e. The van der Waals surface area contributed by atoms with Gasteiger partial charge in [0.05, 0.1) is 25.9 Å². The molecule has 109 heavy (non-hydrogen) atoms. The number of primary amides is 2. The summed E-state index contributed by atoms with van der Waals surface area (Å²) in [5.41, 5.74) is 29.2. The van der Waals surface area contributed by atoms with E-state index in [2.05, 4.69) is 78.8 Å². The maximum Gasteiger partial charge on any atom is 0.303 e. The summed E-state index contributed by atoms with van der Waals surface area (Å²) in [4.78, 5) is 228. The molecule has 40 nitrogen and oxygen atoms in total. The number of carbonyl (C=O) groups excluding carboxylic acids is 15. The molecule has 1 saturated heterocycles. The number of benzene rings is 2. The Bertz CT molecular complexity index is 3660. The average Bonchev–Trinajstić information content (AvgIpc) is 1.79. The Morgan fingerprint density at radius 2 is 1.12 bits per heavy atom. The standard InChI is InChI=1S/C69H103N21O19/c1-6-43(60(101)87-49(31-53(71)94)64(105)85-47(28-40-19-21-42(93)22-20-40)65(106)89-56(36(2)3)67(108)88-50(29-39-14-8-7-9-15-39)68(109)90-27-13-18-52(90)57(72)98)82-66(107)51(34-91)81-54(95)33-77-59(100)48(30-41-32-75-35-78-41)86-62(103)45(17-12-26-76-69(73)74)83-58(99)37(4)79-61(102)44(16-10-11-25-70)84-63(104)46(80-38(5)92)23-24-55(96)97/h7-9,14-15,19-22,32,35-37,43-52,56,91,93H,6,10-13,16-18,23-31,33-34,70H2,1-5H3,(H2,71,94)(H2,72,98)(H,75,78)(H,77,100)(H,79,102)(H,80,92)(H,81,95)(H,82,107)(H,83,99)(H,84,104)(H,85,105)(H,86,103)(H,87,101)(H,88,108)(H,89,106)(H,96,97)(H4,73,74,76)/t37-,43?,44-,45-,46-,47-,48-,49-,50-,51-,52-,56-/m0/s1. The Labute approximate surface area is 628 Å². The number of aliphatic imine (C=N–C) groups is 1. The van der Waals surface area contributed by atoms with Crippen LogP contribution in [0.15, 0.2) is 72.1 Å². The van der Waals surface area contributed by atoms with E-state index in [0.717, 1.165) is 6.92 Å². The number of aliphatic hydroxyl groups excluding tert-OH is 1. The minimum atomic E-state index is -1.85. The molecule has 1 unspecified atom stereocenters. The Kier molecular flexibility index (Phi) is 37.5. The van der Waals surface area contributed by atoms with Crippen LogP contribution in [0.5, 0.6) is 5.75 Å². The third kappa shape index (κ3) is 31.3. The molecule has 2 aromatic carbocycles. The van der Waals surface area contributed by atoms with Crippen LogP contribution in [0.4, 0.5) is 0 Å². The van der Waals surface area contributed by atoms with Gasteiger partial charge < -0.3 is 118 Å². The van der Waals surface area contributed by atoms with Gasteiger partial charge >= 0.3 is 5.97 Å². The van der Waals surface area contributed by atoms with Crippen LogP contribution in [-0.4, -0.2) is 236 Å². The van der Waals surface area contributed by atoms with E-state index in [0.29, 0.717) is 42.5 Å². The van der Waals surface area contributed by atoms with Gasteiger partial charge in [0, 0.05) is 57.6 Å². The van der Waals surface area contributed by atoms with Crippen molar-refractivity contribution < 1.29 is 92.0 Å². The molecule has 598 valence electrons. The van der Waals surface area contributed by atoms with Gasteiger partial charge in [0.2, 0.25) is 88.6 Å². The fraction of sp³-hybridized carbons (Fsp3) is 0.536. The highest BCUT2D eigenvalue weighted by Gasteiger charge is 2.40. The van der Waals surface area contributed by atoms with Crippen LogP contribution >= 0.6 is 0 Å². The third-order valence-corrected chi connectivity index (χ3v) is 17.2. The highest BCUT2D eigenvalue weighted by molar-refractivity contribution is 6.01. The molecule has 1 aliphatic rings. The Hall–Kier alpha value is -11.8. The van der Waals surface area contributed by atoms with Crippen molar-refractivity contribution in [2.75, 3.05) is 32.8 Å². The summed E-state index contributed by atoms with van der Waals surface area (Å²) in [5, 5.41) is 59.2. The fourth-order valence-electron chi connectivity index (χ4n) is 11.4. The number of aromatic nitrogens is 2. The normalized spacial score (nSPS) is 15.4. The third-order valence-electron chi connectivity index (χ3n) is 17.2. The number of hydrogen-bond acceptors (Lipinski definition) is 21. The number of likely N-dealkylation sites (tertiary alicyclic amines) is 1. The second-order valence-corrected chi connectivity index (χ2v) is 26.3. The molecule has 1 aliphatic heterocycles. The van der Waals surface area contributed by atoms with E-state index in [-0.39, 0.29) is 82.7 Å². The number of unbranched alkanes of at least 4 members (excludes halogenated alkanes) is 1. The first kappa shape index (κ1) is 89.6. The zero-order chi connectivity index (χ0) is 81.0. The quantitative estimate of drug-likeness (QED) is 0.0142.